The number of nitrogens with zero attached hydrogens (tertiary/aromatic N) is 1. The largest absolute Gasteiger partial charge is 0.480 e. The maximum atomic E-state index is 12.2. The maximum absolute atomic E-state index is 12.2. The van der Waals surface area contributed by atoms with Gasteiger partial charge in [0.15, 0.2) is 0 Å². The van der Waals surface area contributed by atoms with Gasteiger partial charge in [0.2, 0.25) is 5.91 Å². The Kier molecular flexibility index (Phi) is 4.47. The Labute approximate surface area is 121 Å². The number of carboxylic acids is 1. The van der Waals surface area contributed by atoms with Crippen molar-refractivity contribution in [2.75, 3.05) is 0 Å². The quantitative estimate of drug-likeness (QED) is 0.879. The highest BCUT2D eigenvalue weighted by molar-refractivity contribution is 7.16. The lowest BCUT2D eigenvalue weighted by Crippen LogP contribution is -2.44. The number of carbonyl (C=O) groups is 2. The summed E-state index contributed by atoms with van der Waals surface area (Å²) in [4.78, 5) is 25.8. The van der Waals surface area contributed by atoms with Gasteiger partial charge in [0, 0.05) is 17.3 Å². The zero-order valence-corrected chi connectivity index (χ0v) is 12.2. The Morgan fingerprint density at radius 2 is 2.21 bits per heavy atom. The molecule has 1 aliphatic rings. The number of halogens is 1. The van der Waals surface area contributed by atoms with E-state index < -0.39 is 12.0 Å². The number of hydrogen-bond acceptors (Lipinski definition) is 3. The van der Waals surface area contributed by atoms with Crippen LogP contribution in [0.25, 0.3) is 0 Å². The van der Waals surface area contributed by atoms with Gasteiger partial charge in [-0.1, -0.05) is 11.6 Å². The van der Waals surface area contributed by atoms with Crippen LogP contribution in [0.3, 0.4) is 0 Å². The van der Waals surface area contributed by atoms with E-state index in [2.05, 4.69) is 0 Å². The molecule has 0 saturated heterocycles. The molecule has 1 aromatic heterocycles. The number of carbonyl (C=O) groups excluding carboxylic acids is 1. The van der Waals surface area contributed by atoms with Gasteiger partial charge in [-0.3, -0.25) is 4.79 Å². The monoisotopic (exact) mass is 301 g/mol. The Balaban J connectivity index is 1.94. The van der Waals surface area contributed by atoms with E-state index in [1.807, 2.05) is 12.1 Å². The van der Waals surface area contributed by atoms with Crippen molar-refractivity contribution < 1.29 is 14.7 Å². The van der Waals surface area contributed by atoms with Gasteiger partial charge >= 0.3 is 5.97 Å². The van der Waals surface area contributed by atoms with E-state index in [1.165, 1.54) is 16.2 Å². The summed E-state index contributed by atoms with van der Waals surface area (Å²) in [6.07, 6.45) is 2.78. The summed E-state index contributed by atoms with van der Waals surface area (Å²) in [6.45, 7) is 1.57. The molecule has 0 bridgehead atoms. The van der Waals surface area contributed by atoms with Crippen molar-refractivity contribution in [3.05, 3.63) is 21.3 Å². The van der Waals surface area contributed by atoms with Crippen molar-refractivity contribution in [2.24, 2.45) is 0 Å². The summed E-state index contributed by atoms with van der Waals surface area (Å²) in [5.41, 5.74) is 0. The minimum absolute atomic E-state index is 0.0816. The summed E-state index contributed by atoms with van der Waals surface area (Å²) in [7, 11) is 0. The zero-order valence-electron chi connectivity index (χ0n) is 10.6. The van der Waals surface area contributed by atoms with Crippen LogP contribution in [0.5, 0.6) is 0 Å². The Morgan fingerprint density at radius 3 is 2.68 bits per heavy atom. The normalized spacial score (nSPS) is 16.1. The second-order valence-electron chi connectivity index (χ2n) is 4.75. The molecule has 104 valence electrons. The van der Waals surface area contributed by atoms with Crippen LogP contribution < -0.4 is 0 Å². The van der Waals surface area contributed by atoms with E-state index in [9.17, 15) is 9.59 Å². The second-order valence-corrected chi connectivity index (χ2v) is 6.55. The molecule has 0 aliphatic heterocycles. The highest BCUT2D eigenvalue weighted by Gasteiger charge is 2.37. The van der Waals surface area contributed by atoms with Crippen LogP contribution >= 0.6 is 22.9 Å². The fraction of sp³-hybridized carbons (Fsp3) is 0.538. The number of aliphatic carboxylic acids is 1. The molecule has 0 spiro atoms. The lowest BCUT2D eigenvalue weighted by molar-refractivity contribution is -0.150. The van der Waals surface area contributed by atoms with Crippen molar-refractivity contribution in [3.8, 4) is 0 Å². The van der Waals surface area contributed by atoms with Crippen LogP contribution in [0.2, 0.25) is 4.34 Å². The summed E-state index contributed by atoms with van der Waals surface area (Å²) < 4.78 is 0.709. The van der Waals surface area contributed by atoms with Gasteiger partial charge in [-0.25, -0.2) is 4.79 Å². The zero-order chi connectivity index (χ0) is 14.0. The summed E-state index contributed by atoms with van der Waals surface area (Å²) in [5, 5.41) is 9.06. The second kappa shape index (κ2) is 5.92. The highest BCUT2D eigenvalue weighted by atomic mass is 35.5. The number of carboxylic acid groups (broad SMARTS) is 1. The molecule has 1 saturated carbocycles. The third kappa shape index (κ3) is 3.70. The number of thiophene rings is 1. The fourth-order valence-electron chi connectivity index (χ4n) is 2.05. The molecule has 1 N–H and O–H groups in total. The molecule has 1 aromatic rings. The Morgan fingerprint density at radius 1 is 1.53 bits per heavy atom. The van der Waals surface area contributed by atoms with E-state index in [-0.39, 0.29) is 11.9 Å². The molecule has 1 amide bonds. The van der Waals surface area contributed by atoms with Gasteiger partial charge in [0.25, 0.3) is 0 Å². The van der Waals surface area contributed by atoms with Crippen LogP contribution in [-0.4, -0.2) is 34.0 Å². The van der Waals surface area contributed by atoms with Gasteiger partial charge < -0.3 is 10.0 Å². The van der Waals surface area contributed by atoms with Crippen LogP contribution in [0.1, 0.15) is 31.1 Å². The molecular weight excluding hydrogens is 286 g/mol. The Bertz CT molecular complexity index is 484. The third-order valence-corrected chi connectivity index (χ3v) is 4.51. The first kappa shape index (κ1) is 14.3. The average Bonchev–Trinajstić information content (AvgIpc) is 3.09. The van der Waals surface area contributed by atoms with Crippen LogP contribution in [-0.2, 0) is 16.0 Å². The maximum Gasteiger partial charge on any atom is 0.326 e. The van der Waals surface area contributed by atoms with Crippen LogP contribution in [0, 0.1) is 0 Å². The first-order chi connectivity index (χ1) is 8.99. The van der Waals surface area contributed by atoms with Gasteiger partial charge in [0.1, 0.15) is 6.04 Å². The summed E-state index contributed by atoms with van der Waals surface area (Å²) in [6, 6.07) is 3.09. The molecule has 0 radical (unpaired) electrons. The molecule has 6 heteroatoms. The minimum Gasteiger partial charge on any atom is -0.480 e. The standard InChI is InChI=1S/C13H16ClNO3S/c1-8(13(17)18)15(9-2-3-9)12(16)7-5-10-4-6-11(14)19-10/h4,6,8-9H,2-3,5,7H2,1H3,(H,17,18). The molecule has 1 atom stereocenters. The van der Waals surface area contributed by atoms with Crippen molar-refractivity contribution in [1.82, 2.24) is 4.90 Å². The molecule has 4 nitrogen and oxygen atoms in total. The SMILES string of the molecule is CC(C(=O)O)N(C(=O)CCc1ccc(Cl)s1)C1CC1. The van der Waals surface area contributed by atoms with Crippen molar-refractivity contribution in [2.45, 2.75) is 44.7 Å². The Hall–Kier alpha value is -1.07. The van der Waals surface area contributed by atoms with E-state index in [0.29, 0.717) is 17.2 Å². The van der Waals surface area contributed by atoms with E-state index >= 15 is 0 Å². The smallest absolute Gasteiger partial charge is 0.326 e. The molecule has 0 aromatic carbocycles. The topological polar surface area (TPSA) is 57.6 Å². The number of rotatable bonds is 6. The summed E-state index contributed by atoms with van der Waals surface area (Å²) in [5.74, 6) is -1.03. The number of amides is 1. The van der Waals surface area contributed by atoms with E-state index in [1.54, 1.807) is 6.92 Å². The fourth-order valence-corrected chi connectivity index (χ4v) is 3.14. The van der Waals surface area contributed by atoms with Crippen molar-refractivity contribution in [3.63, 3.8) is 0 Å². The molecule has 2 rings (SSSR count). The number of hydrogen-bond donors (Lipinski definition) is 1. The first-order valence-corrected chi connectivity index (χ1v) is 7.46. The molecule has 19 heavy (non-hydrogen) atoms. The lowest BCUT2D eigenvalue weighted by Gasteiger charge is -2.26. The van der Waals surface area contributed by atoms with E-state index in [0.717, 1.165) is 17.7 Å². The summed E-state index contributed by atoms with van der Waals surface area (Å²) >= 11 is 7.29. The molecule has 1 unspecified atom stereocenters. The molecular formula is C13H16ClNO3S. The number of aryl methyl sites for hydroxylation is 1. The van der Waals surface area contributed by atoms with Crippen LogP contribution in [0.4, 0.5) is 0 Å². The van der Waals surface area contributed by atoms with Gasteiger partial charge in [0.05, 0.1) is 4.34 Å². The molecule has 1 aliphatic carbocycles. The van der Waals surface area contributed by atoms with Crippen LogP contribution in [0.15, 0.2) is 12.1 Å². The predicted molar refractivity (Wildman–Crippen MR) is 74.6 cm³/mol. The average molecular weight is 302 g/mol. The predicted octanol–water partition coefficient (Wildman–Crippen LogP) is 2.80. The van der Waals surface area contributed by atoms with Gasteiger partial charge in [-0.2, -0.15) is 0 Å². The van der Waals surface area contributed by atoms with Crippen molar-refractivity contribution >= 4 is 34.8 Å². The van der Waals surface area contributed by atoms with E-state index in [4.69, 9.17) is 16.7 Å². The third-order valence-electron chi connectivity index (χ3n) is 3.22. The molecule has 1 fully saturated rings. The first-order valence-electron chi connectivity index (χ1n) is 6.27. The highest BCUT2D eigenvalue weighted by Crippen LogP contribution is 2.30. The minimum atomic E-state index is -0.945. The van der Waals surface area contributed by atoms with Crippen molar-refractivity contribution in [1.29, 1.82) is 0 Å². The lowest BCUT2D eigenvalue weighted by atomic mass is 10.2. The van der Waals surface area contributed by atoms with Gasteiger partial charge in [-0.15, -0.1) is 11.3 Å². The molecule has 1 heterocycles. The van der Waals surface area contributed by atoms with Gasteiger partial charge in [-0.05, 0) is 38.3 Å².